The third kappa shape index (κ3) is 12.4. The number of unbranched alkanes of at least 4 members (excludes halogenated alkanes) is 13. The first-order valence-corrected chi connectivity index (χ1v) is 24.9. The third-order valence-electron chi connectivity index (χ3n) is 16.6. The van der Waals surface area contributed by atoms with Crippen LogP contribution in [0.4, 0.5) is 0 Å². The lowest BCUT2D eigenvalue weighted by atomic mass is 9.47. The van der Waals surface area contributed by atoms with Gasteiger partial charge < -0.3 is 29.5 Å². The fourth-order valence-electron chi connectivity index (χ4n) is 12.8. The second kappa shape index (κ2) is 23.3. The number of aliphatic hydroxyl groups excluding tert-OH is 3. The van der Waals surface area contributed by atoms with Crippen LogP contribution in [0.3, 0.4) is 0 Å². The minimum absolute atomic E-state index is 0.148. The Kier molecular flexibility index (Phi) is 19.1. The van der Waals surface area contributed by atoms with Crippen molar-refractivity contribution in [3.63, 3.8) is 0 Å². The van der Waals surface area contributed by atoms with E-state index in [-0.39, 0.29) is 24.1 Å². The van der Waals surface area contributed by atoms with Gasteiger partial charge in [-0.1, -0.05) is 154 Å². The Morgan fingerprint density at radius 3 is 2.12 bits per heavy atom. The first-order chi connectivity index (χ1) is 28.3. The van der Waals surface area contributed by atoms with Gasteiger partial charge in [0.2, 0.25) is 0 Å². The van der Waals surface area contributed by atoms with E-state index in [4.69, 9.17) is 14.2 Å². The highest BCUT2D eigenvalue weighted by Crippen LogP contribution is 2.67. The molecule has 1 aliphatic heterocycles. The van der Waals surface area contributed by atoms with Crippen molar-refractivity contribution in [3.05, 3.63) is 36.0 Å². The summed E-state index contributed by atoms with van der Waals surface area (Å²) in [7, 11) is 0. The van der Waals surface area contributed by atoms with Crippen molar-refractivity contribution in [3.8, 4) is 0 Å². The molecule has 59 heavy (non-hydrogen) atoms. The minimum atomic E-state index is -1.45. The average Bonchev–Trinajstić information content (AvgIpc) is 3.58. The van der Waals surface area contributed by atoms with Crippen LogP contribution < -0.4 is 0 Å². The zero-order valence-electron chi connectivity index (χ0n) is 38.5. The summed E-state index contributed by atoms with van der Waals surface area (Å²) in [5, 5.41) is 32.5. The maximum absolute atomic E-state index is 12.6. The van der Waals surface area contributed by atoms with Crippen molar-refractivity contribution in [1.29, 1.82) is 0 Å². The number of carbonyl (C=O) groups excluding carboxylic acids is 1. The lowest BCUT2D eigenvalue weighted by Gasteiger charge is -2.58. The Morgan fingerprint density at radius 1 is 0.847 bits per heavy atom. The number of fused-ring (bicyclic) bond motifs is 5. The Bertz CT molecular complexity index is 1360. The standard InChI is InChI=1S/C52H88O7/c1-8-10-11-12-13-14-15-16-17-18-19-20-21-22-23-46(53)57-35-45-47(54)48(55)49(56)50(59-45)58-40-30-32-51(6)39(34-40)26-27-41-43-29-28-42(52(43,7)33-31-44(41)51)37(5)24-25-38(9-2)36(3)4/h24-26,37-38,40-45,47-50,54-56H,3,8-23,27-35H2,1-2,4-7H3/b25-24+/t37-,38+,40+,41+,42-,43+,44+,45-,47-,48+,49-,50-,51+,52-/m1/s1. The molecule has 4 aliphatic carbocycles. The summed E-state index contributed by atoms with van der Waals surface area (Å²) in [6.45, 7) is 18.3. The monoisotopic (exact) mass is 825 g/mol. The summed E-state index contributed by atoms with van der Waals surface area (Å²) in [4.78, 5) is 12.6. The van der Waals surface area contributed by atoms with E-state index in [0.29, 0.717) is 29.6 Å². The van der Waals surface area contributed by atoms with Crippen molar-refractivity contribution < 1.29 is 34.3 Å². The highest BCUT2D eigenvalue weighted by atomic mass is 16.7. The molecule has 338 valence electrons. The molecule has 0 radical (unpaired) electrons. The molecule has 1 heterocycles. The lowest BCUT2D eigenvalue weighted by molar-refractivity contribution is -0.313. The zero-order chi connectivity index (χ0) is 42.6. The van der Waals surface area contributed by atoms with Crippen molar-refractivity contribution in [2.45, 2.75) is 232 Å². The first kappa shape index (κ1) is 48.5. The fraction of sp³-hybridized carbons (Fsp3) is 0.865. The maximum Gasteiger partial charge on any atom is 0.305 e. The molecule has 0 aromatic rings. The van der Waals surface area contributed by atoms with E-state index in [1.165, 1.54) is 107 Å². The lowest BCUT2D eigenvalue weighted by Crippen LogP contribution is -2.60. The Balaban J connectivity index is 1.04. The van der Waals surface area contributed by atoms with Crippen molar-refractivity contribution in [1.82, 2.24) is 0 Å². The largest absolute Gasteiger partial charge is 0.463 e. The van der Waals surface area contributed by atoms with Crippen LogP contribution in [0.2, 0.25) is 0 Å². The van der Waals surface area contributed by atoms with Crippen molar-refractivity contribution >= 4 is 5.97 Å². The Morgan fingerprint density at radius 2 is 1.49 bits per heavy atom. The number of ether oxygens (including phenoxy) is 3. The summed E-state index contributed by atoms with van der Waals surface area (Å²) in [6, 6.07) is 0. The molecule has 0 bridgehead atoms. The number of hydrogen-bond acceptors (Lipinski definition) is 7. The van der Waals surface area contributed by atoms with Crippen LogP contribution in [-0.4, -0.2) is 64.7 Å². The summed E-state index contributed by atoms with van der Waals surface area (Å²) in [5.74, 6) is 3.62. The maximum atomic E-state index is 12.6. The molecule has 1 saturated heterocycles. The second-order valence-electron chi connectivity index (χ2n) is 20.6. The van der Waals surface area contributed by atoms with E-state index < -0.39 is 30.7 Å². The highest BCUT2D eigenvalue weighted by molar-refractivity contribution is 5.69. The molecule has 14 atom stereocenters. The molecule has 3 saturated carbocycles. The first-order valence-electron chi connectivity index (χ1n) is 24.9. The molecule has 0 aromatic heterocycles. The van der Waals surface area contributed by atoms with Gasteiger partial charge >= 0.3 is 5.97 Å². The van der Waals surface area contributed by atoms with Gasteiger partial charge in [0, 0.05) is 6.42 Å². The van der Waals surface area contributed by atoms with Gasteiger partial charge in [-0.05, 0) is 117 Å². The Labute approximate surface area is 360 Å². The normalized spacial score (nSPS) is 36.7. The average molecular weight is 825 g/mol. The van der Waals surface area contributed by atoms with Gasteiger partial charge in [0.05, 0.1) is 6.10 Å². The SMILES string of the molecule is C=C(C)[C@H](/C=C/[C@@H](C)[C@H]1CC[C@H]2[C@@H]3CC=C4C[C@@H](O[C@@H]5O[C@H](COC(=O)CCCCCCCCCCCCCCCC)[C@@H](O)[C@H](O)[C@H]5O)CC[C@]4(C)[C@H]3CC[C@]12C)CC. The molecule has 7 heteroatoms. The van der Waals surface area contributed by atoms with E-state index in [1.54, 1.807) is 0 Å². The fourth-order valence-corrected chi connectivity index (χ4v) is 12.8. The third-order valence-corrected chi connectivity index (χ3v) is 16.6. The van der Waals surface area contributed by atoms with Crippen molar-refractivity contribution in [2.75, 3.05) is 6.61 Å². The smallest absolute Gasteiger partial charge is 0.305 e. The van der Waals surface area contributed by atoms with Gasteiger partial charge in [-0.15, -0.1) is 0 Å². The van der Waals surface area contributed by atoms with E-state index in [1.807, 2.05) is 0 Å². The van der Waals surface area contributed by atoms with E-state index in [2.05, 4.69) is 66.3 Å². The second-order valence-corrected chi connectivity index (χ2v) is 20.6. The highest BCUT2D eigenvalue weighted by Gasteiger charge is 2.59. The molecule has 5 rings (SSSR count). The molecule has 5 aliphatic rings. The van der Waals surface area contributed by atoms with Crippen LogP contribution >= 0.6 is 0 Å². The van der Waals surface area contributed by atoms with Crippen LogP contribution in [0.5, 0.6) is 0 Å². The molecule has 0 aromatic carbocycles. The molecule has 7 nitrogen and oxygen atoms in total. The van der Waals surface area contributed by atoms with Crippen LogP contribution in [-0.2, 0) is 19.0 Å². The predicted molar refractivity (Wildman–Crippen MR) is 240 cm³/mol. The van der Waals surface area contributed by atoms with Gasteiger partial charge in [-0.2, -0.15) is 0 Å². The summed E-state index contributed by atoms with van der Waals surface area (Å²) in [5.41, 5.74) is 3.27. The number of aliphatic hydroxyl groups is 3. The van der Waals surface area contributed by atoms with Gasteiger partial charge in [0.25, 0.3) is 0 Å². The van der Waals surface area contributed by atoms with Gasteiger partial charge in [0.1, 0.15) is 31.0 Å². The van der Waals surface area contributed by atoms with Crippen LogP contribution in [0.25, 0.3) is 0 Å². The molecule has 4 fully saturated rings. The molecule has 0 spiro atoms. The topological polar surface area (TPSA) is 105 Å². The van der Waals surface area contributed by atoms with Crippen LogP contribution in [0.1, 0.15) is 196 Å². The molecule has 3 N–H and O–H groups in total. The van der Waals surface area contributed by atoms with Crippen molar-refractivity contribution in [2.24, 2.45) is 46.3 Å². The molecule has 0 unspecified atom stereocenters. The quantitative estimate of drug-likeness (QED) is 0.0506. The minimum Gasteiger partial charge on any atom is -0.463 e. The number of hydrogen-bond donors (Lipinski definition) is 3. The number of carbonyl (C=O) groups is 1. The summed E-state index contributed by atoms with van der Waals surface area (Å²) < 4.78 is 18.0. The van der Waals surface area contributed by atoms with Crippen LogP contribution in [0.15, 0.2) is 36.0 Å². The van der Waals surface area contributed by atoms with Gasteiger partial charge in [-0.3, -0.25) is 4.79 Å². The van der Waals surface area contributed by atoms with Crippen LogP contribution in [0, 0.1) is 46.3 Å². The summed E-state index contributed by atoms with van der Waals surface area (Å²) >= 11 is 0. The summed E-state index contributed by atoms with van der Waals surface area (Å²) in [6.07, 6.45) is 29.2. The molecular formula is C52H88O7. The molecule has 0 amide bonds. The zero-order valence-corrected chi connectivity index (χ0v) is 38.5. The number of esters is 1. The van der Waals surface area contributed by atoms with Gasteiger partial charge in [-0.25, -0.2) is 0 Å². The number of rotatable bonds is 24. The predicted octanol–water partition coefficient (Wildman–Crippen LogP) is 12.0. The number of allylic oxidation sites excluding steroid dienone is 4. The Hall–Kier alpha value is -1.51. The van der Waals surface area contributed by atoms with E-state index in [0.717, 1.165) is 69.1 Å². The van der Waals surface area contributed by atoms with E-state index >= 15 is 0 Å². The van der Waals surface area contributed by atoms with E-state index in [9.17, 15) is 20.1 Å². The van der Waals surface area contributed by atoms with Gasteiger partial charge in [0.15, 0.2) is 6.29 Å². The molecular weight excluding hydrogens is 737 g/mol.